The van der Waals surface area contributed by atoms with E-state index in [1.165, 1.54) is 31.2 Å². The molecule has 0 saturated carbocycles. The monoisotopic (exact) mass is 191 g/mol. The second kappa shape index (κ2) is 5.69. The first-order valence-electron chi connectivity index (χ1n) is 5.56. The van der Waals surface area contributed by atoms with Gasteiger partial charge in [-0.25, -0.2) is 0 Å². The smallest absolute Gasteiger partial charge is 0.0314 e. The lowest BCUT2D eigenvalue weighted by Crippen LogP contribution is -1.94. The number of nitrogens with two attached hydrogens (primary N) is 1. The minimum atomic E-state index is 0.857. The zero-order valence-corrected chi connectivity index (χ0v) is 9.29. The van der Waals surface area contributed by atoms with Gasteiger partial charge < -0.3 is 5.73 Å². The molecule has 1 heteroatoms. The van der Waals surface area contributed by atoms with E-state index in [0.29, 0.717) is 0 Å². The van der Waals surface area contributed by atoms with Gasteiger partial charge in [-0.15, -0.1) is 0 Å². The van der Waals surface area contributed by atoms with Gasteiger partial charge in [0, 0.05) is 5.69 Å². The molecule has 0 spiro atoms. The Kier molecular flexibility index (Phi) is 4.51. The van der Waals surface area contributed by atoms with E-state index in [9.17, 15) is 0 Å². The Morgan fingerprint density at radius 2 is 1.86 bits per heavy atom. The SMILES string of the molecule is CCC(C)CCCc1ccc(N)cc1. The molecule has 0 amide bonds. The molecule has 0 heterocycles. The van der Waals surface area contributed by atoms with Crippen molar-refractivity contribution in [3.63, 3.8) is 0 Å². The van der Waals surface area contributed by atoms with E-state index in [0.717, 1.165) is 11.6 Å². The third-order valence-electron chi connectivity index (χ3n) is 2.84. The summed E-state index contributed by atoms with van der Waals surface area (Å²) in [7, 11) is 0. The van der Waals surface area contributed by atoms with Gasteiger partial charge >= 0.3 is 0 Å². The Hall–Kier alpha value is -0.980. The number of hydrogen-bond acceptors (Lipinski definition) is 1. The second-order valence-corrected chi connectivity index (χ2v) is 4.15. The van der Waals surface area contributed by atoms with Crippen molar-refractivity contribution in [2.45, 2.75) is 39.5 Å². The van der Waals surface area contributed by atoms with Crippen molar-refractivity contribution < 1.29 is 0 Å². The topological polar surface area (TPSA) is 26.0 Å². The maximum absolute atomic E-state index is 5.63. The molecule has 1 aromatic carbocycles. The standard InChI is InChI=1S/C13H21N/c1-3-11(2)5-4-6-12-7-9-13(14)10-8-12/h7-11H,3-6,14H2,1-2H3. The maximum Gasteiger partial charge on any atom is 0.0314 e. The van der Waals surface area contributed by atoms with Gasteiger partial charge in [0.1, 0.15) is 0 Å². The van der Waals surface area contributed by atoms with E-state index in [-0.39, 0.29) is 0 Å². The highest BCUT2D eigenvalue weighted by molar-refractivity contribution is 5.39. The number of rotatable bonds is 5. The van der Waals surface area contributed by atoms with Crippen molar-refractivity contribution in [2.24, 2.45) is 5.92 Å². The van der Waals surface area contributed by atoms with Gasteiger partial charge in [0.15, 0.2) is 0 Å². The van der Waals surface area contributed by atoms with E-state index in [1.54, 1.807) is 0 Å². The lowest BCUT2D eigenvalue weighted by molar-refractivity contribution is 0.496. The molecule has 0 bridgehead atoms. The second-order valence-electron chi connectivity index (χ2n) is 4.15. The summed E-state index contributed by atoms with van der Waals surface area (Å²) in [4.78, 5) is 0. The summed E-state index contributed by atoms with van der Waals surface area (Å²) in [6.07, 6.45) is 5.10. The van der Waals surface area contributed by atoms with E-state index in [1.807, 2.05) is 12.1 Å². The minimum absolute atomic E-state index is 0.857. The van der Waals surface area contributed by atoms with Crippen LogP contribution in [0.15, 0.2) is 24.3 Å². The molecular formula is C13H21N. The van der Waals surface area contributed by atoms with Crippen molar-refractivity contribution in [1.29, 1.82) is 0 Å². The number of nitrogen functional groups attached to an aromatic ring is 1. The molecule has 0 saturated heterocycles. The zero-order valence-electron chi connectivity index (χ0n) is 9.29. The molecule has 78 valence electrons. The van der Waals surface area contributed by atoms with Gasteiger partial charge in [-0.05, 0) is 36.5 Å². The summed E-state index contributed by atoms with van der Waals surface area (Å²) in [5.41, 5.74) is 7.89. The predicted octanol–water partition coefficient (Wildman–Crippen LogP) is 3.64. The average Bonchev–Trinajstić information content (AvgIpc) is 2.21. The van der Waals surface area contributed by atoms with Gasteiger partial charge in [0.25, 0.3) is 0 Å². The fraction of sp³-hybridized carbons (Fsp3) is 0.538. The first-order chi connectivity index (χ1) is 6.72. The molecule has 1 unspecified atom stereocenters. The molecule has 0 aliphatic rings. The van der Waals surface area contributed by atoms with Crippen molar-refractivity contribution in [3.8, 4) is 0 Å². The van der Waals surface area contributed by atoms with E-state index < -0.39 is 0 Å². The summed E-state index contributed by atoms with van der Waals surface area (Å²) < 4.78 is 0. The molecule has 1 aromatic rings. The molecule has 0 fully saturated rings. The Balaban J connectivity index is 2.28. The van der Waals surface area contributed by atoms with Crippen LogP contribution in [0.2, 0.25) is 0 Å². The molecule has 1 atom stereocenters. The maximum atomic E-state index is 5.63. The van der Waals surface area contributed by atoms with Crippen LogP contribution in [0.1, 0.15) is 38.7 Å². The highest BCUT2D eigenvalue weighted by atomic mass is 14.5. The highest BCUT2D eigenvalue weighted by Gasteiger charge is 1.99. The van der Waals surface area contributed by atoms with Crippen molar-refractivity contribution >= 4 is 5.69 Å². The molecule has 1 nitrogen and oxygen atoms in total. The predicted molar refractivity (Wildman–Crippen MR) is 63.2 cm³/mol. The number of benzene rings is 1. The third kappa shape index (κ3) is 3.82. The van der Waals surface area contributed by atoms with Gasteiger partial charge in [-0.2, -0.15) is 0 Å². The van der Waals surface area contributed by atoms with Crippen molar-refractivity contribution in [1.82, 2.24) is 0 Å². The fourth-order valence-corrected chi connectivity index (χ4v) is 1.54. The third-order valence-corrected chi connectivity index (χ3v) is 2.84. The first-order valence-corrected chi connectivity index (χ1v) is 5.56. The highest BCUT2D eigenvalue weighted by Crippen LogP contribution is 2.13. The molecule has 0 aromatic heterocycles. The normalized spacial score (nSPS) is 12.7. The lowest BCUT2D eigenvalue weighted by atomic mass is 9.99. The Bertz CT molecular complexity index is 250. The molecule has 1 rings (SSSR count). The van der Waals surface area contributed by atoms with Gasteiger partial charge in [-0.3, -0.25) is 0 Å². The van der Waals surface area contributed by atoms with Crippen molar-refractivity contribution in [2.75, 3.05) is 5.73 Å². The van der Waals surface area contributed by atoms with Gasteiger partial charge in [0.2, 0.25) is 0 Å². The molecule has 0 aliphatic heterocycles. The Morgan fingerprint density at radius 3 is 2.43 bits per heavy atom. The number of hydrogen-bond donors (Lipinski definition) is 1. The summed E-state index contributed by atoms with van der Waals surface area (Å²) in [6, 6.07) is 8.23. The summed E-state index contributed by atoms with van der Waals surface area (Å²) in [5.74, 6) is 0.865. The number of anilines is 1. The fourth-order valence-electron chi connectivity index (χ4n) is 1.54. The van der Waals surface area contributed by atoms with Gasteiger partial charge in [0.05, 0.1) is 0 Å². The van der Waals surface area contributed by atoms with Crippen LogP contribution < -0.4 is 5.73 Å². The quantitative estimate of drug-likeness (QED) is 0.706. The zero-order chi connectivity index (χ0) is 10.4. The van der Waals surface area contributed by atoms with Crippen LogP contribution in [0.25, 0.3) is 0 Å². The van der Waals surface area contributed by atoms with Crippen LogP contribution in [0.5, 0.6) is 0 Å². The van der Waals surface area contributed by atoms with Crippen LogP contribution in [0, 0.1) is 5.92 Å². The van der Waals surface area contributed by atoms with Crippen LogP contribution in [0.4, 0.5) is 5.69 Å². The van der Waals surface area contributed by atoms with Crippen LogP contribution in [-0.4, -0.2) is 0 Å². The first kappa shape index (κ1) is 11.1. The van der Waals surface area contributed by atoms with Crippen LogP contribution in [0.3, 0.4) is 0 Å². The minimum Gasteiger partial charge on any atom is -0.399 e. The van der Waals surface area contributed by atoms with Crippen molar-refractivity contribution in [3.05, 3.63) is 29.8 Å². The number of aryl methyl sites for hydroxylation is 1. The lowest BCUT2D eigenvalue weighted by Gasteiger charge is -2.07. The molecule has 0 radical (unpaired) electrons. The van der Waals surface area contributed by atoms with Crippen LogP contribution >= 0.6 is 0 Å². The Labute approximate surface area is 87.3 Å². The molecule has 2 N–H and O–H groups in total. The summed E-state index contributed by atoms with van der Waals surface area (Å²) >= 11 is 0. The van der Waals surface area contributed by atoms with E-state index in [4.69, 9.17) is 5.73 Å². The van der Waals surface area contributed by atoms with Crippen LogP contribution in [-0.2, 0) is 6.42 Å². The molecule has 0 aliphatic carbocycles. The summed E-state index contributed by atoms with van der Waals surface area (Å²) in [6.45, 7) is 4.58. The van der Waals surface area contributed by atoms with E-state index in [2.05, 4.69) is 26.0 Å². The average molecular weight is 191 g/mol. The van der Waals surface area contributed by atoms with E-state index >= 15 is 0 Å². The largest absolute Gasteiger partial charge is 0.399 e. The molecule has 14 heavy (non-hydrogen) atoms. The summed E-state index contributed by atoms with van der Waals surface area (Å²) in [5, 5.41) is 0. The molecular weight excluding hydrogens is 170 g/mol. The Morgan fingerprint density at radius 1 is 1.21 bits per heavy atom. The van der Waals surface area contributed by atoms with Gasteiger partial charge in [-0.1, -0.05) is 38.8 Å².